The molecule has 0 saturated heterocycles. The van der Waals surface area contributed by atoms with Crippen molar-refractivity contribution in [3.05, 3.63) is 71.8 Å². The molecule has 0 bridgehead atoms. The van der Waals surface area contributed by atoms with Gasteiger partial charge in [-0.3, -0.25) is 14.4 Å². The van der Waals surface area contributed by atoms with Crippen molar-refractivity contribution >= 4 is 17.9 Å². The van der Waals surface area contributed by atoms with Crippen LogP contribution in [-0.2, 0) is 37.1 Å². The highest BCUT2D eigenvalue weighted by Gasteiger charge is 2.40. The smallest absolute Gasteiger partial charge is 0.309 e. The Labute approximate surface area is 169 Å². The molecule has 3 atom stereocenters. The monoisotopic (exact) mass is 396 g/mol. The van der Waals surface area contributed by atoms with Crippen LogP contribution in [-0.4, -0.2) is 23.0 Å². The summed E-state index contributed by atoms with van der Waals surface area (Å²) >= 11 is 0. The second-order valence-electron chi connectivity index (χ2n) is 7.32. The number of carboxylic acids is 1. The highest BCUT2D eigenvalue weighted by molar-refractivity contribution is 5.79. The normalized spacial score (nSPS) is 21.2. The second-order valence-corrected chi connectivity index (χ2v) is 7.32. The molecule has 152 valence electrons. The zero-order valence-electron chi connectivity index (χ0n) is 16.0. The molecule has 0 radical (unpaired) electrons. The van der Waals surface area contributed by atoms with Crippen LogP contribution < -0.4 is 0 Å². The molecular formula is C23H24O6. The molecule has 1 aliphatic carbocycles. The van der Waals surface area contributed by atoms with E-state index in [0.717, 1.165) is 11.1 Å². The topological polar surface area (TPSA) is 89.9 Å². The molecule has 0 aromatic heterocycles. The van der Waals surface area contributed by atoms with Gasteiger partial charge in [0.1, 0.15) is 13.2 Å². The summed E-state index contributed by atoms with van der Waals surface area (Å²) in [6.45, 7) is 0.244. The van der Waals surface area contributed by atoms with E-state index >= 15 is 0 Å². The fourth-order valence-electron chi connectivity index (χ4n) is 3.60. The zero-order valence-corrected chi connectivity index (χ0v) is 16.0. The molecule has 0 heterocycles. The summed E-state index contributed by atoms with van der Waals surface area (Å²) < 4.78 is 10.7. The van der Waals surface area contributed by atoms with Gasteiger partial charge in [0, 0.05) is 0 Å². The molecule has 3 rings (SSSR count). The lowest BCUT2D eigenvalue weighted by Gasteiger charge is -2.30. The van der Waals surface area contributed by atoms with Gasteiger partial charge in [-0.1, -0.05) is 60.7 Å². The van der Waals surface area contributed by atoms with Gasteiger partial charge in [-0.15, -0.1) is 0 Å². The van der Waals surface area contributed by atoms with Crippen LogP contribution in [0.5, 0.6) is 0 Å². The lowest BCUT2D eigenvalue weighted by atomic mass is 9.75. The van der Waals surface area contributed by atoms with Crippen molar-refractivity contribution in [1.82, 2.24) is 0 Å². The predicted octanol–water partition coefficient (Wildman–Crippen LogP) is 3.59. The summed E-state index contributed by atoms with van der Waals surface area (Å²) in [5.41, 5.74) is 1.70. The summed E-state index contributed by atoms with van der Waals surface area (Å²) in [4.78, 5) is 36.6. The maximum Gasteiger partial charge on any atom is 0.309 e. The van der Waals surface area contributed by atoms with E-state index in [4.69, 9.17) is 9.47 Å². The quantitative estimate of drug-likeness (QED) is 0.720. The van der Waals surface area contributed by atoms with E-state index in [9.17, 15) is 19.5 Å². The number of hydrogen-bond acceptors (Lipinski definition) is 5. The second kappa shape index (κ2) is 9.87. The van der Waals surface area contributed by atoms with Crippen molar-refractivity contribution in [3.63, 3.8) is 0 Å². The van der Waals surface area contributed by atoms with Crippen LogP contribution in [0.25, 0.3) is 0 Å². The molecule has 0 spiro atoms. The molecule has 6 nitrogen and oxygen atoms in total. The molecule has 1 unspecified atom stereocenters. The van der Waals surface area contributed by atoms with Crippen LogP contribution in [0.4, 0.5) is 0 Å². The molecule has 2 aromatic carbocycles. The minimum atomic E-state index is -1.01. The standard InChI is InChI=1S/C23H24O6/c24-21(25)18-11-19(22(26)28-14-16-7-3-1-4-8-16)13-20(12-18)23(27)29-15-17-9-5-2-6-10-17/h1-10,18-20H,11-15H2,(H,24,25)/t18?,19-,20+. The molecule has 1 aliphatic rings. The Bertz CT molecular complexity index is 769. The van der Waals surface area contributed by atoms with E-state index < -0.39 is 35.7 Å². The fourth-order valence-corrected chi connectivity index (χ4v) is 3.60. The largest absolute Gasteiger partial charge is 0.481 e. The van der Waals surface area contributed by atoms with Crippen molar-refractivity contribution in [3.8, 4) is 0 Å². The molecule has 6 heteroatoms. The first-order chi connectivity index (χ1) is 14.0. The minimum Gasteiger partial charge on any atom is -0.481 e. The number of hydrogen-bond donors (Lipinski definition) is 1. The third kappa shape index (κ3) is 5.91. The van der Waals surface area contributed by atoms with Crippen LogP contribution >= 0.6 is 0 Å². The van der Waals surface area contributed by atoms with Gasteiger partial charge in [0.2, 0.25) is 0 Å². The molecule has 2 aromatic rings. The average molecular weight is 396 g/mol. The Kier molecular flexibility index (Phi) is 7.00. The van der Waals surface area contributed by atoms with Crippen LogP contribution in [0, 0.1) is 17.8 Å². The summed E-state index contributed by atoms with van der Waals surface area (Å²) in [6.07, 6.45) is 0.585. The lowest BCUT2D eigenvalue weighted by molar-refractivity contribution is -0.160. The van der Waals surface area contributed by atoms with Crippen LogP contribution in [0.1, 0.15) is 30.4 Å². The SMILES string of the molecule is O=C(O)C1C[C@@H](C(=O)OCc2ccccc2)C[C@@H](C(=O)OCc2ccccc2)C1. The van der Waals surface area contributed by atoms with Gasteiger partial charge in [0.05, 0.1) is 17.8 Å². The van der Waals surface area contributed by atoms with E-state index in [1.165, 1.54) is 0 Å². The highest BCUT2D eigenvalue weighted by atomic mass is 16.5. The van der Waals surface area contributed by atoms with Crippen LogP contribution in [0.15, 0.2) is 60.7 Å². The van der Waals surface area contributed by atoms with Gasteiger partial charge in [0.25, 0.3) is 0 Å². The molecule has 1 saturated carbocycles. The van der Waals surface area contributed by atoms with Crippen LogP contribution in [0.2, 0.25) is 0 Å². The van der Waals surface area contributed by atoms with E-state index in [1.807, 2.05) is 60.7 Å². The number of esters is 2. The van der Waals surface area contributed by atoms with Crippen LogP contribution in [0.3, 0.4) is 0 Å². The number of carboxylic acid groups (broad SMARTS) is 1. The van der Waals surface area contributed by atoms with Crippen molar-refractivity contribution in [1.29, 1.82) is 0 Å². The van der Waals surface area contributed by atoms with Gasteiger partial charge >= 0.3 is 17.9 Å². The first-order valence-corrected chi connectivity index (χ1v) is 9.67. The lowest BCUT2D eigenvalue weighted by Crippen LogP contribution is -2.36. The van der Waals surface area contributed by atoms with Crippen molar-refractivity contribution in [2.45, 2.75) is 32.5 Å². The third-order valence-electron chi connectivity index (χ3n) is 5.17. The molecule has 1 N–H and O–H groups in total. The van der Waals surface area contributed by atoms with Gasteiger partial charge in [-0.25, -0.2) is 0 Å². The van der Waals surface area contributed by atoms with E-state index in [0.29, 0.717) is 0 Å². The van der Waals surface area contributed by atoms with Gasteiger partial charge in [-0.05, 0) is 30.4 Å². The van der Waals surface area contributed by atoms with Crippen molar-refractivity contribution in [2.75, 3.05) is 0 Å². The Morgan fingerprint density at radius 1 is 0.690 bits per heavy atom. The van der Waals surface area contributed by atoms with Crippen molar-refractivity contribution in [2.24, 2.45) is 17.8 Å². The zero-order chi connectivity index (χ0) is 20.6. The number of aliphatic carboxylic acids is 1. The summed E-state index contributed by atoms with van der Waals surface area (Å²) in [5, 5.41) is 9.45. The number of carbonyl (C=O) groups is 3. The Morgan fingerprint density at radius 3 is 1.45 bits per heavy atom. The van der Waals surface area contributed by atoms with Gasteiger partial charge < -0.3 is 14.6 Å². The van der Waals surface area contributed by atoms with E-state index in [2.05, 4.69) is 0 Å². The first kappa shape index (κ1) is 20.6. The van der Waals surface area contributed by atoms with E-state index in [1.54, 1.807) is 0 Å². The minimum absolute atomic E-state index is 0.122. The maximum atomic E-state index is 12.5. The van der Waals surface area contributed by atoms with Crippen molar-refractivity contribution < 1.29 is 29.0 Å². The number of rotatable bonds is 7. The molecule has 0 amide bonds. The molecule has 29 heavy (non-hydrogen) atoms. The summed E-state index contributed by atoms with van der Waals surface area (Å²) in [7, 11) is 0. The molecule has 1 fully saturated rings. The predicted molar refractivity (Wildman–Crippen MR) is 104 cm³/mol. The Hall–Kier alpha value is -3.15. The van der Waals surface area contributed by atoms with Gasteiger partial charge in [0.15, 0.2) is 0 Å². The highest BCUT2D eigenvalue weighted by Crippen LogP contribution is 2.35. The number of ether oxygens (including phenoxy) is 2. The third-order valence-corrected chi connectivity index (χ3v) is 5.17. The van der Waals surface area contributed by atoms with Gasteiger partial charge in [-0.2, -0.15) is 0 Å². The average Bonchev–Trinajstić information content (AvgIpc) is 2.76. The Morgan fingerprint density at radius 2 is 1.07 bits per heavy atom. The first-order valence-electron chi connectivity index (χ1n) is 9.67. The maximum absolute atomic E-state index is 12.5. The van der Waals surface area contributed by atoms with E-state index in [-0.39, 0.29) is 32.5 Å². The Balaban J connectivity index is 1.59. The number of benzene rings is 2. The molecular weight excluding hydrogens is 372 g/mol. The number of carbonyl (C=O) groups excluding carboxylic acids is 2. The summed E-state index contributed by atoms with van der Waals surface area (Å²) in [6, 6.07) is 18.5. The summed E-state index contributed by atoms with van der Waals surface area (Å²) in [5.74, 6) is -3.99. The fraction of sp³-hybridized carbons (Fsp3) is 0.348. The molecule has 0 aliphatic heterocycles.